The third kappa shape index (κ3) is 1.93. The number of halogens is 2. The van der Waals surface area contributed by atoms with Gasteiger partial charge in [-0.25, -0.2) is 0 Å². The zero-order valence-corrected chi connectivity index (χ0v) is 12.4. The van der Waals surface area contributed by atoms with Crippen LogP contribution in [-0.4, -0.2) is 6.04 Å². The Bertz CT molecular complexity index is 499. The van der Waals surface area contributed by atoms with Gasteiger partial charge in [0.2, 0.25) is 0 Å². The summed E-state index contributed by atoms with van der Waals surface area (Å²) < 4.78 is 0. The van der Waals surface area contributed by atoms with Crippen LogP contribution in [0.1, 0.15) is 24.8 Å². The molecule has 0 radical (unpaired) electrons. The fraction of sp³-hybridized carbons (Fsp3) is 0.625. The standard InChI is InChI=1S/C16H19Cl2N/c17-11-4-3-8(12(18)7-11)6-13(19)16-14-9-1-2-10(5-9)15(14)16/h3-4,7,9-10,13-16H,1-2,5-6,19H2. The molecule has 3 heteroatoms. The molecule has 2 N–H and O–H groups in total. The van der Waals surface area contributed by atoms with E-state index in [9.17, 15) is 0 Å². The Morgan fingerprint density at radius 3 is 2.47 bits per heavy atom. The van der Waals surface area contributed by atoms with Crippen molar-refractivity contribution in [3.05, 3.63) is 33.8 Å². The van der Waals surface area contributed by atoms with Crippen molar-refractivity contribution in [2.75, 3.05) is 0 Å². The summed E-state index contributed by atoms with van der Waals surface area (Å²) >= 11 is 12.2. The average Bonchev–Trinajstić information content (AvgIpc) is 2.82. The van der Waals surface area contributed by atoms with Gasteiger partial charge in [0.1, 0.15) is 0 Å². The minimum absolute atomic E-state index is 0.275. The second kappa shape index (κ2) is 4.38. The first-order chi connectivity index (χ1) is 9.15. The normalized spacial score (nSPS) is 40.3. The van der Waals surface area contributed by atoms with E-state index in [4.69, 9.17) is 28.9 Å². The van der Waals surface area contributed by atoms with Gasteiger partial charge in [0.25, 0.3) is 0 Å². The molecule has 3 aliphatic carbocycles. The third-order valence-electron chi connectivity index (χ3n) is 5.76. The molecule has 0 saturated heterocycles. The molecule has 3 fully saturated rings. The first-order valence-electron chi connectivity index (χ1n) is 7.34. The highest BCUT2D eigenvalue weighted by Crippen LogP contribution is 2.70. The molecule has 4 rings (SSSR count). The second-order valence-electron chi connectivity index (χ2n) is 6.67. The molecule has 1 aromatic rings. The number of nitrogens with two attached hydrogens (primary N) is 1. The van der Waals surface area contributed by atoms with Gasteiger partial charge >= 0.3 is 0 Å². The van der Waals surface area contributed by atoms with Gasteiger partial charge in [0, 0.05) is 16.1 Å². The van der Waals surface area contributed by atoms with Crippen molar-refractivity contribution in [2.45, 2.75) is 31.7 Å². The number of hydrogen-bond acceptors (Lipinski definition) is 1. The lowest BCUT2D eigenvalue weighted by molar-refractivity contribution is 0.409. The monoisotopic (exact) mass is 295 g/mol. The SMILES string of the molecule is NC(Cc1ccc(Cl)cc1Cl)C1C2C3CCC(C3)C12. The summed E-state index contributed by atoms with van der Waals surface area (Å²) in [5, 5.41) is 1.46. The fourth-order valence-corrected chi connectivity index (χ4v) is 5.53. The van der Waals surface area contributed by atoms with Crippen LogP contribution in [0.4, 0.5) is 0 Å². The summed E-state index contributed by atoms with van der Waals surface area (Å²) in [6.07, 6.45) is 5.29. The van der Waals surface area contributed by atoms with E-state index in [0.29, 0.717) is 5.02 Å². The summed E-state index contributed by atoms with van der Waals surface area (Å²) in [5.74, 6) is 4.64. The van der Waals surface area contributed by atoms with Crippen LogP contribution in [-0.2, 0) is 6.42 Å². The van der Waals surface area contributed by atoms with Crippen LogP contribution >= 0.6 is 23.2 Å². The summed E-state index contributed by atoms with van der Waals surface area (Å²) in [5.41, 5.74) is 7.62. The van der Waals surface area contributed by atoms with E-state index in [1.165, 1.54) is 19.3 Å². The van der Waals surface area contributed by atoms with Crippen molar-refractivity contribution >= 4 is 23.2 Å². The number of benzene rings is 1. The molecule has 1 nitrogen and oxygen atoms in total. The first-order valence-corrected chi connectivity index (χ1v) is 8.10. The van der Waals surface area contributed by atoms with Crippen molar-refractivity contribution < 1.29 is 0 Å². The van der Waals surface area contributed by atoms with E-state index < -0.39 is 0 Å². The Labute approximate surface area is 124 Å². The van der Waals surface area contributed by atoms with E-state index >= 15 is 0 Å². The third-order valence-corrected chi connectivity index (χ3v) is 6.35. The molecular weight excluding hydrogens is 277 g/mol. The van der Waals surface area contributed by atoms with Gasteiger partial charge in [-0.1, -0.05) is 29.3 Å². The smallest absolute Gasteiger partial charge is 0.0453 e. The Balaban J connectivity index is 1.47. The van der Waals surface area contributed by atoms with Gasteiger partial charge in [0.15, 0.2) is 0 Å². The number of hydrogen-bond donors (Lipinski definition) is 1. The number of rotatable bonds is 3. The predicted octanol–water partition coefficient (Wildman–Crippen LogP) is 4.16. The van der Waals surface area contributed by atoms with Gasteiger partial charge in [-0.05, 0) is 73.0 Å². The van der Waals surface area contributed by atoms with Gasteiger partial charge in [0.05, 0.1) is 0 Å². The lowest BCUT2D eigenvalue weighted by Gasteiger charge is -2.17. The maximum atomic E-state index is 6.47. The zero-order valence-electron chi connectivity index (χ0n) is 10.9. The zero-order chi connectivity index (χ0) is 13.1. The van der Waals surface area contributed by atoms with Crippen LogP contribution < -0.4 is 5.73 Å². The molecule has 2 bridgehead atoms. The maximum Gasteiger partial charge on any atom is 0.0453 e. The van der Waals surface area contributed by atoms with Crippen LogP contribution in [0, 0.1) is 29.6 Å². The average molecular weight is 296 g/mol. The minimum Gasteiger partial charge on any atom is -0.327 e. The largest absolute Gasteiger partial charge is 0.327 e. The molecule has 3 saturated carbocycles. The van der Waals surface area contributed by atoms with E-state index in [0.717, 1.165) is 46.6 Å². The van der Waals surface area contributed by atoms with E-state index in [1.54, 1.807) is 0 Å². The van der Waals surface area contributed by atoms with Crippen LogP contribution in [0.5, 0.6) is 0 Å². The minimum atomic E-state index is 0.275. The lowest BCUT2D eigenvalue weighted by Crippen LogP contribution is -2.28. The van der Waals surface area contributed by atoms with Crippen molar-refractivity contribution in [2.24, 2.45) is 35.3 Å². The highest BCUT2D eigenvalue weighted by atomic mass is 35.5. The fourth-order valence-electron chi connectivity index (χ4n) is 5.04. The summed E-state index contributed by atoms with van der Waals surface area (Å²) in [4.78, 5) is 0. The maximum absolute atomic E-state index is 6.47. The Hall–Kier alpha value is -0.240. The Morgan fingerprint density at radius 1 is 1.16 bits per heavy atom. The molecule has 19 heavy (non-hydrogen) atoms. The predicted molar refractivity (Wildman–Crippen MR) is 79.4 cm³/mol. The molecule has 3 aliphatic rings. The molecule has 0 aromatic heterocycles. The molecule has 0 spiro atoms. The summed E-state index contributed by atoms with van der Waals surface area (Å²) in [6, 6.07) is 6.03. The number of fused-ring (bicyclic) bond motifs is 5. The summed E-state index contributed by atoms with van der Waals surface area (Å²) in [7, 11) is 0. The van der Waals surface area contributed by atoms with Crippen LogP contribution in [0.2, 0.25) is 10.0 Å². The Kier molecular flexibility index (Phi) is 2.88. The van der Waals surface area contributed by atoms with Gasteiger partial charge in [-0.3, -0.25) is 0 Å². The van der Waals surface area contributed by atoms with Crippen molar-refractivity contribution in [3.8, 4) is 0 Å². The Morgan fingerprint density at radius 2 is 1.84 bits per heavy atom. The molecule has 5 unspecified atom stereocenters. The van der Waals surface area contributed by atoms with E-state index in [2.05, 4.69) is 0 Å². The van der Waals surface area contributed by atoms with Crippen LogP contribution in [0.3, 0.4) is 0 Å². The van der Waals surface area contributed by atoms with Gasteiger partial charge < -0.3 is 5.73 Å². The van der Waals surface area contributed by atoms with Crippen molar-refractivity contribution in [3.63, 3.8) is 0 Å². The molecule has 5 atom stereocenters. The van der Waals surface area contributed by atoms with Crippen LogP contribution in [0.15, 0.2) is 18.2 Å². The highest BCUT2D eigenvalue weighted by molar-refractivity contribution is 6.35. The van der Waals surface area contributed by atoms with Crippen molar-refractivity contribution in [1.29, 1.82) is 0 Å². The molecule has 0 amide bonds. The topological polar surface area (TPSA) is 26.0 Å². The van der Waals surface area contributed by atoms with Gasteiger partial charge in [-0.2, -0.15) is 0 Å². The molecular formula is C16H19Cl2N. The van der Waals surface area contributed by atoms with Crippen molar-refractivity contribution in [1.82, 2.24) is 0 Å². The molecule has 0 heterocycles. The van der Waals surface area contributed by atoms with E-state index in [1.807, 2.05) is 18.2 Å². The molecule has 102 valence electrons. The van der Waals surface area contributed by atoms with Gasteiger partial charge in [-0.15, -0.1) is 0 Å². The second-order valence-corrected chi connectivity index (χ2v) is 7.51. The summed E-state index contributed by atoms with van der Waals surface area (Å²) in [6.45, 7) is 0. The molecule has 0 aliphatic heterocycles. The lowest BCUT2D eigenvalue weighted by atomic mass is 9.94. The molecule has 1 aromatic carbocycles. The van der Waals surface area contributed by atoms with E-state index in [-0.39, 0.29) is 6.04 Å². The quantitative estimate of drug-likeness (QED) is 0.890. The highest BCUT2D eigenvalue weighted by Gasteiger charge is 2.65. The first kappa shape index (κ1) is 12.5. The van der Waals surface area contributed by atoms with Crippen LogP contribution in [0.25, 0.3) is 0 Å².